The van der Waals surface area contributed by atoms with Gasteiger partial charge in [0.1, 0.15) is 0 Å². The van der Waals surface area contributed by atoms with Crippen LogP contribution in [-0.4, -0.2) is 24.5 Å². The van der Waals surface area contributed by atoms with Crippen molar-refractivity contribution < 1.29 is 4.79 Å². The zero-order chi connectivity index (χ0) is 12.6. The highest BCUT2D eigenvalue weighted by atomic mass is 16.1. The van der Waals surface area contributed by atoms with Gasteiger partial charge in [-0.3, -0.25) is 4.79 Å². The Balaban J connectivity index is 2.30. The molecule has 1 rings (SSSR count). The largest absolute Gasteiger partial charge is 0.353 e. The van der Waals surface area contributed by atoms with Crippen molar-refractivity contribution >= 4 is 5.91 Å². The zero-order valence-corrected chi connectivity index (χ0v) is 11.5. The lowest BCUT2D eigenvalue weighted by molar-refractivity contribution is -0.120. The predicted octanol–water partition coefficient (Wildman–Crippen LogP) is 1.93. The highest BCUT2D eigenvalue weighted by Gasteiger charge is 2.64. The number of nitrogens with one attached hydrogen (secondary N) is 2. The Morgan fingerprint density at radius 1 is 1.25 bits per heavy atom. The molecule has 1 unspecified atom stereocenters. The molecule has 1 aliphatic carbocycles. The van der Waals surface area contributed by atoms with Gasteiger partial charge in [0.2, 0.25) is 5.91 Å². The molecule has 0 aromatic carbocycles. The molecule has 3 heteroatoms. The van der Waals surface area contributed by atoms with Crippen LogP contribution in [0.25, 0.3) is 0 Å². The van der Waals surface area contributed by atoms with Crippen molar-refractivity contribution in [3.05, 3.63) is 0 Å². The Morgan fingerprint density at radius 3 is 2.12 bits per heavy atom. The fourth-order valence-electron chi connectivity index (χ4n) is 2.33. The molecule has 0 aromatic rings. The molecule has 1 aliphatic rings. The summed E-state index contributed by atoms with van der Waals surface area (Å²) in [5, 5.41) is 6.32. The summed E-state index contributed by atoms with van der Waals surface area (Å²) in [6.07, 6.45) is 0.978. The van der Waals surface area contributed by atoms with Crippen LogP contribution in [0, 0.1) is 10.8 Å². The first-order chi connectivity index (χ1) is 7.23. The maximum Gasteiger partial charge on any atom is 0.234 e. The van der Waals surface area contributed by atoms with Gasteiger partial charge in [0.15, 0.2) is 0 Å². The second-order valence-electron chi connectivity index (χ2n) is 6.13. The maximum atomic E-state index is 11.6. The van der Waals surface area contributed by atoms with E-state index in [0.29, 0.717) is 23.4 Å². The van der Waals surface area contributed by atoms with Gasteiger partial charge in [-0.1, -0.05) is 34.6 Å². The van der Waals surface area contributed by atoms with Gasteiger partial charge in [-0.05, 0) is 24.2 Å². The minimum atomic E-state index is 0.104. The first kappa shape index (κ1) is 13.5. The van der Waals surface area contributed by atoms with Gasteiger partial charge < -0.3 is 10.6 Å². The molecule has 0 radical (unpaired) electrons. The van der Waals surface area contributed by atoms with Crippen LogP contribution < -0.4 is 10.6 Å². The standard InChI is InChI=1S/C13H26N2O/c1-7-9(2)15-10(16)8-14-11-12(3,4)13(11,5)6/h9,11,14H,7-8H2,1-6H3,(H,15,16). The van der Waals surface area contributed by atoms with E-state index in [2.05, 4.69) is 45.3 Å². The van der Waals surface area contributed by atoms with Crippen LogP contribution in [0.2, 0.25) is 0 Å². The molecule has 1 saturated carbocycles. The van der Waals surface area contributed by atoms with E-state index in [1.165, 1.54) is 0 Å². The molecule has 2 N–H and O–H groups in total. The van der Waals surface area contributed by atoms with E-state index in [9.17, 15) is 4.79 Å². The molecular formula is C13H26N2O. The summed E-state index contributed by atoms with van der Waals surface area (Å²) in [7, 11) is 0. The lowest BCUT2D eigenvalue weighted by Crippen LogP contribution is -2.40. The van der Waals surface area contributed by atoms with Crippen molar-refractivity contribution in [3.63, 3.8) is 0 Å². The normalized spacial score (nSPS) is 23.9. The van der Waals surface area contributed by atoms with Crippen molar-refractivity contribution in [2.75, 3.05) is 6.54 Å². The topological polar surface area (TPSA) is 41.1 Å². The highest BCUT2D eigenvalue weighted by Crippen LogP contribution is 2.62. The number of amides is 1. The zero-order valence-electron chi connectivity index (χ0n) is 11.5. The Kier molecular flexibility index (Phi) is 3.68. The lowest BCUT2D eigenvalue weighted by atomic mass is 10.0. The molecule has 0 aliphatic heterocycles. The van der Waals surface area contributed by atoms with Crippen molar-refractivity contribution in [2.45, 2.75) is 60.0 Å². The molecule has 1 amide bonds. The molecule has 0 heterocycles. The molecule has 3 nitrogen and oxygen atoms in total. The SMILES string of the molecule is CCC(C)NC(=O)CNC1C(C)(C)C1(C)C. The quantitative estimate of drug-likeness (QED) is 0.752. The van der Waals surface area contributed by atoms with Crippen LogP contribution in [0.15, 0.2) is 0 Å². The Labute approximate surface area is 99.4 Å². The Morgan fingerprint density at radius 2 is 1.75 bits per heavy atom. The number of rotatable bonds is 5. The van der Waals surface area contributed by atoms with Gasteiger partial charge in [-0.2, -0.15) is 0 Å². The summed E-state index contributed by atoms with van der Waals surface area (Å²) < 4.78 is 0. The Hall–Kier alpha value is -0.570. The summed E-state index contributed by atoms with van der Waals surface area (Å²) in [6.45, 7) is 13.5. The molecule has 16 heavy (non-hydrogen) atoms. The van der Waals surface area contributed by atoms with E-state index in [0.717, 1.165) is 6.42 Å². The first-order valence-electron chi connectivity index (χ1n) is 6.26. The number of hydrogen-bond acceptors (Lipinski definition) is 2. The maximum absolute atomic E-state index is 11.6. The molecule has 1 fully saturated rings. The third-order valence-corrected chi connectivity index (χ3v) is 4.51. The van der Waals surface area contributed by atoms with E-state index >= 15 is 0 Å². The smallest absolute Gasteiger partial charge is 0.234 e. The van der Waals surface area contributed by atoms with E-state index in [1.54, 1.807) is 0 Å². The van der Waals surface area contributed by atoms with Crippen LogP contribution >= 0.6 is 0 Å². The van der Waals surface area contributed by atoms with Crippen LogP contribution in [0.5, 0.6) is 0 Å². The fraction of sp³-hybridized carbons (Fsp3) is 0.923. The van der Waals surface area contributed by atoms with Gasteiger partial charge in [-0.25, -0.2) is 0 Å². The van der Waals surface area contributed by atoms with Crippen LogP contribution in [0.1, 0.15) is 48.0 Å². The first-order valence-corrected chi connectivity index (χ1v) is 6.26. The van der Waals surface area contributed by atoms with Crippen molar-refractivity contribution in [1.29, 1.82) is 0 Å². The second-order valence-corrected chi connectivity index (χ2v) is 6.13. The van der Waals surface area contributed by atoms with E-state index in [1.807, 2.05) is 6.92 Å². The van der Waals surface area contributed by atoms with Gasteiger partial charge in [-0.15, -0.1) is 0 Å². The van der Waals surface area contributed by atoms with Crippen LogP contribution in [0.4, 0.5) is 0 Å². The molecule has 0 bridgehead atoms. The van der Waals surface area contributed by atoms with Crippen molar-refractivity contribution in [2.24, 2.45) is 10.8 Å². The summed E-state index contributed by atoms with van der Waals surface area (Å²) >= 11 is 0. The van der Waals surface area contributed by atoms with E-state index in [-0.39, 0.29) is 11.9 Å². The van der Waals surface area contributed by atoms with Crippen LogP contribution in [-0.2, 0) is 4.79 Å². The van der Waals surface area contributed by atoms with Gasteiger partial charge in [0, 0.05) is 12.1 Å². The monoisotopic (exact) mass is 226 g/mol. The third kappa shape index (κ3) is 2.40. The van der Waals surface area contributed by atoms with E-state index < -0.39 is 0 Å². The molecule has 0 aromatic heterocycles. The van der Waals surface area contributed by atoms with Crippen LogP contribution in [0.3, 0.4) is 0 Å². The fourth-order valence-corrected chi connectivity index (χ4v) is 2.33. The summed E-state index contributed by atoms with van der Waals surface area (Å²) in [6, 6.07) is 0.720. The lowest BCUT2D eigenvalue weighted by Gasteiger charge is -2.12. The molecular weight excluding hydrogens is 200 g/mol. The Bertz CT molecular complexity index is 257. The van der Waals surface area contributed by atoms with Gasteiger partial charge >= 0.3 is 0 Å². The highest BCUT2D eigenvalue weighted by molar-refractivity contribution is 5.78. The van der Waals surface area contributed by atoms with E-state index in [4.69, 9.17) is 0 Å². The molecule has 1 atom stereocenters. The van der Waals surface area contributed by atoms with Crippen molar-refractivity contribution in [1.82, 2.24) is 10.6 Å². The average molecular weight is 226 g/mol. The predicted molar refractivity (Wildman–Crippen MR) is 67.2 cm³/mol. The number of hydrogen-bond donors (Lipinski definition) is 2. The summed E-state index contributed by atoms with van der Waals surface area (Å²) in [4.78, 5) is 11.6. The molecule has 0 spiro atoms. The number of carbonyl (C=O) groups excluding carboxylic acids is 1. The molecule has 94 valence electrons. The average Bonchev–Trinajstić information content (AvgIpc) is 2.54. The third-order valence-electron chi connectivity index (χ3n) is 4.51. The summed E-state index contributed by atoms with van der Waals surface area (Å²) in [5.41, 5.74) is 0.591. The minimum absolute atomic E-state index is 0.104. The summed E-state index contributed by atoms with van der Waals surface area (Å²) in [5.74, 6) is 0.104. The second kappa shape index (κ2) is 4.36. The van der Waals surface area contributed by atoms with Crippen molar-refractivity contribution in [3.8, 4) is 0 Å². The van der Waals surface area contributed by atoms with Gasteiger partial charge in [0.25, 0.3) is 0 Å². The van der Waals surface area contributed by atoms with Gasteiger partial charge in [0.05, 0.1) is 6.54 Å². The molecule has 0 saturated heterocycles. The number of carbonyl (C=O) groups is 1. The minimum Gasteiger partial charge on any atom is -0.353 e.